The Labute approximate surface area is 311 Å². The maximum atomic E-state index is 12.4. The quantitative estimate of drug-likeness (QED) is 0.0472. The van der Waals surface area contributed by atoms with Crippen LogP contribution >= 0.6 is 0 Å². The summed E-state index contributed by atoms with van der Waals surface area (Å²) in [5.41, 5.74) is 0. The van der Waals surface area contributed by atoms with Crippen molar-refractivity contribution in [3.63, 3.8) is 0 Å². The molecule has 0 rings (SSSR count). The molecule has 52 heavy (non-hydrogen) atoms. The molecule has 0 radical (unpaired) electrons. The summed E-state index contributed by atoms with van der Waals surface area (Å²) in [5.74, 6) is -3.31. The minimum Gasteiger partial charge on any atom is -0.480 e. The number of aliphatic carboxylic acids is 2. The molecule has 0 aromatic heterocycles. The standard InChI is InChI=1S/C38H68N2O12/c1-5-9-17-31(7-3)29-51-35(45)19-13-11-15-23-49-37(47)27-39(25-33(41)42)21-22-40(26-34(43)44)28-38(48)50-24-16-12-14-20-36(46)52-30-32(8-4)18-10-6-2/h31-32H,5-30H2,1-4H3,(H,41,42)(H,43,44). The zero-order valence-corrected chi connectivity index (χ0v) is 32.4. The molecular formula is C38H68N2O12. The Morgan fingerprint density at radius 2 is 0.865 bits per heavy atom. The molecule has 14 nitrogen and oxygen atoms in total. The van der Waals surface area contributed by atoms with Crippen molar-refractivity contribution in [2.45, 2.75) is 130 Å². The number of ether oxygens (including phenoxy) is 4. The fourth-order valence-electron chi connectivity index (χ4n) is 5.38. The van der Waals surface area contributed by atoms with Crippen LogP contribution in [-0.2, 0) is 47.7 Å². The van der Waals surface area contributed by atoms with Crippen molar-refractivity contribution in [2.75, 3.05) is 65.7 Å². The molecule has 0 fully saturated rings. The lowest BCUT2D eigenvalue weighted by atomic mass is 10.0. The molecule has 0 aliphatic heterocycles. The van der Waals surface area contributed by atoms with Crippen molar-refractivity contribution in [1.29, 1.82) is 0 Å². The molecule has 0 saturated heterocycles. The first kappa shape index (κ1) is 48.7. The first-order chi connectivity index (χ1) is 24.9. The van der Waals surface area contributed by atoms with E-state index in [2.05, 4.69) is 27.7 Å². The third-order valence-electron chi connectivity index (χ3n) is 8.78. The molecule has 0 heterocycles. The molecule has 2 atom stereocenters. The molecule has 2 unspecified atom stereocenters. The Bertz CT molecular complexity index is 931. The van der Waals surface area contributed by atoms with E-state index in [1.54, 1.807) is 0 Å². The fraction of sp³-hybridized carbons (Fsp3) is 0.842. The molecule has 0 aromatic carbocycles. The molecule has 0 aliphatic carbocycles. The highest BCUT2D eigenvalue weighted by Crippen LogP contribution is 2.15. The van der Waals surface area contributed by atoms with Gasteiger partial charge in [0, 0.05) is 25.9 Å². The Morgan fingerprint density at radius 1 is 0.481 bits per heavy atom. The molecule has 302 valence electrons. The molecule has 2 N–H and O–H groups in total. The first-order valence-electron chi connectivity index (χ1n) is 19.4. The lowest BCUT2D eigenvalue weighted by Gasteiger charge is -2.24. The van der Waals surface area contributed by atoms with Crippen LogP contribution in [0.1, 0.15) is 130 Å². The summed E-state index contributed by atoms with van der Waals surface area (Å²) in [7, 11) is 0. The Balaban J connectivity index is 4.45. The van der Waals surface area contributed by atoms with E-state index in [9.17, 15) is 39.0 Å². The van der Waals surface area contributed by atoms with Gasteiger partial charge in [0.15, 0.2) is 0 Å². The zero-order valence-electron chi connectivity index (χ0n) is 32.4. The average Bonchev–Trinajstić information content (AvgIpc) is 3.09. The molecule has 0 aliphatic rings. The number of esters is 4. The van der Waals surface area contributed by atoms with Gasteiger partial charge in [-0.15, -0.1) is 0 Å². The van der Waals surface area contributed by atoms with Gasteiger partial charge in [0.2, 0.25) is 0 Å². The van der Waals surface area contributed by atoms with Gasteiger partial charge in [0.1, 0.15) is 0 Å². The third kappa shape index (κ3) is 29.3. The van der Waals surface area contributed by atoms with Gasteiger partial charge in [-0.2, -0.15) is 0 Å². The summed E-state index contributed by atoms with van der Waals surface area (Å²) in [6.45, 7) is 7.94. The summed E-state index contributed by atoms with van der Waals surface area (Å²) in [4.78, 5) is 74.4. The van der Waals surface area contributed by atoms with E-state index in [0.717, 1.165) is 51.4 Å². The van der Waals surface area contributed by atoms with Crippen molar-refractivity contribution in [3.05, 3.63) is 0 Å². The number of unbranched alkanes of at least 4 members (excludes halogenated alkanes) is 6. The zero-order chi connectivity index (χ0) is 39.0. The van der Waals surface area contributed by atoms with E-state index in [4.69, 9.17) is 18.9 Å². The van der Waals surface area contributed by atoms with Crippen molar-refractivity contribution in [1.82, 2.24) is 9.80 Å². The number of hydrogen-bond donors (Lipinski definition) is 2. The number of rotatable bonds is 35. The van der Waals surface area contributed by atoms with Gasteiger partial charge in [-0.25, -0.2) is 0 Å². The van der Waals surface area contributed by atoms with Gasteiger partial charge >= 0.3 is 35.8 Å². The number of carbonyl (C=O) groups is 6. The van der Waals surface area contributed by atoms with E-state index in [-0.39, 0.29) is 51.3 Å². The molecule has 14 heteroatoms. The van der Waals surface area contributed by atoms with Crippen LogP contribution in [0.3, 0.4) is 0 Å². The topological polar surface area (TPSA) is 186 Å². The van der Waals surface area contributed by atoms with Crippen LogP contribution in [0.15, 0.2) is 0 Å². The highest BCUT2D eigenvalue weighted by Gasteiger charge is 2.20. The third-order valence-corrected chi connectivity index (χ3v) is 8.78. The highest BCUT2D eigenvalue weighted by atomic mass is 16.5. The smallest absolute Gasteiger partial charge is 0.320 e. The number of carboxylic acid groups (broad SMARTS) is 2. The lowest BCUT2D eigenvalue weighted by Crippen LogP contribution is -2.43. The first-order valence-corrected chi connectivity index (χ1v) is 19.4. The van der Waals surface area contributed by atoms with Crippen molar-refractivity contribution < 1.29 is 57.9 Å². The van der Waals surface area contributed by atoms with Crippen LogP contribution in [-0.4, -0.2) is 122 Å². The minimum atomic E-state index is -1.18. The van der Waals surface area contributed by atoms with Gasteiger partial charge < -0.3 is 29.2 Å². The summed E-state index contributed by atoms with van der Waals surface area (Å²) in [6, 6.07) is 0. The van der Waals surface area contributed by atoms with Gasteiger partial charge in [-0.3, -0.25) is 38.6 Å². The van der Waals surface area contributed by atoms with E-state index in [1.807, 2.05) is 0 Å². The Kier molecular flexibility index (Phi) is 30.4. The van der Waals surface area contributed by atoms with E-state index >= 15 is 0 Å². The number of hydrogen-bond acceptors (Lipinski definition) is 12. The van der Waals surface area contributed by atoms with Gasteiger partial charge in [0.25, 0.3) is 0 Å². The van der Waals surface area contributed by atoms with Crippen LogP contribution < -0.4 is 0 Å². The van der Waals surface area contributed by atoms with Crippen LogP contribution in [0.2, 0.25) is 0 Å². The summed E-state index contributed by atoms with van der Waals surface area (Å²) in [5, 5.41) is 18.7. The van der Waals surface area contributed by atoms with Crippen molar-refractivity contribution in [3.8, 4) is 0 Å². The Hall–Kier alpha value is -3.26. The highest BCUT2D eigenvalue weighted by molar-refractivity contribution is 5.75. The molecule has 0 spiro atoms. The average molecular weight is 745 g/mol. The number of carboxylic acids is 2. The minimum absolute atomic E-state index is 0.00485. The second kappa shape index (κ2) is 32.4. The fourth-order valence-corrected chi connectivity index (χ4v) is 5.38. The van der Waals surface area contributed by atoms with E-state index in [0.29, 0.717) is 76.4 Å². The van der Waals surface area contributed by atoms with Crippen LogP contribution in [0.25, 0.3) is 0 Å². The second-order valence-corrected chi connectivity index (χ2v) is 13.5. The lowest BCUT2D eigenvalue weighted by molar-refractivity contribution is -0.149. The number of carbonyl (C=O) groups excluding carboxylic acids is 4. The molecular weight excluding hydrogens is 676 g/mol. The normalized spacial score (nSPS) is 12.3. The summed E-state index contributed by atoms with van der Waals surface area (Å²) in [6.07, 6.45) is 12.7. The maximum Gasteiger partial charge on any atom is 0.320 e. The second-order valence-electron chi connectivity index (χ2n) is 13.5. The molecule has 0 aromatic rings. The van der Waals surface area contributed by atoms with Crippen LogP contribution in [0, 0.1) is 11.8 Å². The van der Waals surface area contributed by atoms with Crippen molar-refractivity contribution in [2.24, 2.45) is 11.8 Å². The summed E-state index contributed by atoms with van der Waals surface area (Å²) >= 11 is 0. The molecule has 0 bridgehead atoms. The largest absolute Gasteiger partial charge is 0.480 e. The van der Waals surface area contributed by atoms with Gasteiger partial charge in [-0.1, -0.05) is 66.2 Å². The monoisotopic (exact) mass is 744 g/mol. The van der Waals surface area contributed by atoms with E-state index < -0.39 is 37.0 Å². The van der Waals surface area contributed by atoms with Crippen LogP contribution in [0.5, 0.6) is 0 Å². The number of nitrogens with zero attached hydrogens (tertiary/aromatic N) is 2. The molecule has 0 saturated carbocycles. The van der Waals surface area contributed by atoms with Crippen molar-refractivity contribution >= 4 is 35.8 Å². The van der Waals surface area contributed by atoms with Gasteiger partial charge in [0.05, 0.1) is 52.6 Å². The Morgan fingerprint density at radius 3 is 1.19 bits per heavy atom. The molecule has 0 amide bonds. The summed E-state index contributed by atoms with van der Waals surface area (Å²) < 4.78 is 21.3. The van der Waals surface area contributed by atoms with E-state index in [1.165, 1.54) is 9.80 Å². The SMILES string of the molecule is CCCCC(CC)COC(=O)CCCCCOC(=O)CN(CCN(CC(=O)O)CC(=O)OCCCCCC(=O)OCC(CC)CCCC)CC(=O)O. The van der Waals surface area contributed by atoms with Crippen LogP contribution in [0.4, 0.5) is 0 Å². The maximum absolute atomic E-state index is 12.4. The predicted molar refractivity (Wildman–Crippen MR) is 196 cm³/mol. The predicted octanol–water partition coefficient (Wildman–Crippen LogP) is 5.49. The van der Waals surface area contributed by atoms with Gasteiger partial charge in [-0.05, 0) is 63.2 Å².